The molecule has 0 spiro atoms. The summed E-state index contributed by atoms with van der Waals surface area (Å²) in [5.41, 5.74) is 0. The predicted octanol–water partition coefficient (Wildman–Crippen LogP) is 2.57. The summed E-state index contributed by atoms with van der Waals surface area (Å²) in [5, 5.41) is 3.49. The molecule has 1 N–H and O–H groups in total. The standard InChI is InChI=1S/C16H35N3/c1-5-16(4)19-13-11-18(12-14-19)10-8-6-7-9-17-15(2)3/h15-17H,5-14H2,1-4H3. The number of unbranched alkanes of at least 4 members (excludes halogenated alkanes) is 2. The molecule has 3 nitrogen and oxygen atoms in total. The quantitative estimate of drug-likeness (QED) is 0.649. The Balaban J connectivity index is 1.98. The third-order valence-corrected chi connectivity index (χ3v) is 4.32. The summed E-state index contributed by atoms with van der Waals surface area (Å²) < 4.78 is 0. The Morgan fingerprint density at radius 1 is 0.947 bits per heavy atom. The van der Waals surface area contributed by atoms with Crippen LogP contribution in [0, 0.1) is 0 Å². The van der Waals surface area contributed by atoms with Gasteiger partial charge in [-0.3, -0.25) is 4.90 Å². The zero-order valence-electron chi connectivity index (χ0n) is 13.6. The smallest absolute Gasteiger partial charge is 0.0113 e. The summed E-state index contributed by atoms with van der Waals surface area (Å²) in [6.45, 7) is 16.7. The van der Waals surface area contributed by atoms with Gasteiger partial charge >= 0.3 is 0 Å². The maximum absolute atomic E-state index is 3.49. The second-order valence-corrected chi connectivity index (χ2v) is 6.30. The van der Waals surface area contributed by atoms with Gasteiger partial charge in [0, 0.05) is 38.3 Å². The number of hydrogen-bond donors (Lipinski definition) is 1. The second-order valence-electron chi connectivity index (χ2n) is 6.30. The molecule has 19 heavy (non-hydrogen) atoms. The lowest BCUT2D eigenvalue weighted by Gasteiger charge is -2.37. The van der Waals surface area contributed by atoms with Crippen LogP contribution in [0.4, 0.5) is 0 Å². The summed E-state index contributed by atoms with van der Waals surface area (Å²) in [6.07, 6.45) is 5.34. The van der Waals surface area contributed by atoms with Crippen LogP contribution in [0.3, 0.4) is 0 Å². The largest absolute Gasteiger partial charge is 0.315 e. The molecule has 1 saturated heterocycles. The number of nitrogens with zero attached hydrogens (tertiary/aromatic N) is 2. The SMILES string of the molecule is CCC(C)N1CCN(CCCCCNC(C)C)CC1. The maximum Gasteiger partial charge on any atom is 0.0113 e. The van der Waals surface area contributed by atoms with Crippen molar-refractivity contribution in [3.8, 4) is 0 Å². The molecule has 1 aliphatic heterocycles. The average molecular weight is 269 g/mol. The monoisotopic (exact) mass is 269 g/mol. The highest BCUT2D eigenvalue weighted by molar-refractivity contribution is 4.75. The van der Waals surface area contributed by atoms with E-state index < -0.39 is 0 Å². The van der Waals surface area contributed by atoms with E-state index in [-0.39, 0.29) is 0 Å². The van der Waals surface area contributed by atoms with Gasteiger partial charge in [0.1, 0.15) is 0 Å². The van der Waals surface area contributed by atoms with E-state index >= 15 is 0 Å². The van der Waals surface area contributed by atoms with Crippen molar-refractivity contribution in [2.45, 2.75) is 65.5 Å². The number of hydrogen-bond acceptors (Lipinski definition) is 3. The van der Waals surface area contributed by atoms with Gasteiger partial charge in [-0.2, -0.15) is 0 Å². The topological polar surface area (TPSA) is 18.5 Å². The Kier molecular flexibility index (Phi) is 8.67. The third kappa shape index (κ3) is 7.28. The van der Waals surface area contributed by atoms with E-state index in [9.17, 15) is 0 Å². The summed E-state index contributed by atoms with van der Waals surface area (Å²) in [7, 11) is 0. The van der Waals surface area contributed by atoms with Crippen molar-refractivity contribution in [1.82, 2.24) is 15.1 Å². The van der Waals surface area contributed by atoms with Crippen LogP contribution in [0.2, 0.25) is 0 Å². The number of rotatable bonds is 9. The molecule has 0 bridgehead atoms. The molecule has 114 valence electrons. The number of nitrogens with one attached hydrogen (secondary N) is 1. The lowest BCUT2D eigenvalue weighted by atomic mass is 10.1. The van der Waals surface area contributed by atoms with E-state index in [0.29, 0.717) is 6.04 Å². The van der Waals surface area contributed by atoms with Crippen molar-refractivity contribution in [2.75, 3.05) is 39.3 Å². The minimum absolute atomic E-state index is 0.633. The van der Waals surface area contributed by atoms with Crippen LogP contribution >= 0.6 is 0 Å². The van der Waals surface area contributed by atoms with E-state index in [1.54, 1.807) is 0 Å². The van der Waals surface area contributed by atoms with Gasteiger partial charge in [-0.15, -0.1) is 0 Å². The second kappa shape index (κ2) is 9.73. The average Bonchev–Trinajstić information content (AvgIpc) is 2.42. The molecule has 0 aliphatic carbocycles. The van der Waals surface area contributed by atoms with Gasteiger partial charge in [-0.25, -0.2) is 0 Å². The molecule has 0 aromatic rings. The zero-order chi connectivity index (χ0) is 14.1. The van der Waals surface area contributed by atoms with Crippen molar-refractivity contribution >= 4 is 0 Å². The first-order chi connectivity index (χ1) is 9.13. The minimum atomic E-state index is 0.633. The van der Waals surface area contributed by atoms with Gasteiger partial charge in [0.2, 0.25) is 0 Å². The lowest BCUT2D eigenvalue weighted by molar-refractivity contribution is 0.0994. The Labute approximate surface area is 120 Å². The van der Waals surface area contributed by atoms with Crippen LogP contribution in [0.1, 0.15) is 53.4 Å². The summed E-state index contributed by atoms with van der Waals surface area (Å²) in [4.78, 5) is 5.29. The van der Waals surface area contributed by atoms with Crippen molar-refractivity contribution in [3.63, 3.8) is 0 Å². The summed E-state index contributed by atoms with van der Waals surface area (Å²) >= 11 is 0. The molecular formula is C16H35N3. The normalized spacial score (nSPS) is 20.1. The molecule has 0 aromatic heterocycles. The Hall–Kier alpha value is -0.120. The molecule has 0 saturated carbocycles. The van der Waals surface area contributed by atoms with E-state index in [4.69, 9.17) is 0 Å². The molecule has 1 atom stereocenters. The molecule has 1 fully saturated rings. The Morgan fingerprint density at radius 2 is 1.63 bits per heavy atom. The van der Waals surface area contributed by atoms with Gasteiger partial charge in [-0.05, 0) is 39.3 Å². The first-order valence-electron chi connectivity index (χ1n) is 8.33. The van der Waals surface area contributed by atoms with Crippen LogP contribution in [-0.4, -0.2) is 61.2 Å². The minimum Gasteiger partial charge on any atom is -0.315 e. The van der Waals surface area contributed by atoms with Gasteiger partial charge in [0.15, 0.2) is 0 Å². The highest BCUT2D eigenvalue weighted by Crippen LogP contribution is 2.09. The molecular weight excluding hydrogens is 234 g/mol. The van der Waals surface area contributed by atoms with Crippen molar-refractivity contribution in [2.24, 2.45) is 0 Å². The van der Waals surface area contributed by atoms with Crippen molar-refractivity contribution < 1.29 is 0 Å². The van der Waals surface area contributed by atoms with Gasteiger partial charge in [0.25, 0.3) is 0 Å². The first kappa shape index (κ1) is 16.9. The molecule has 1 unspecified atom stereocenters. The van der Waals surface area contributed by atoms with E-state index in [0.717, 1.165) is 6.04 Å². The zero-order valence-corrected chi connectivity index (χ0v) is 13.6. The molecule has 1 heterocycles. The lowest BCUT2D eigenvalue weighted by Crippen LogP contribution is -2.49. The van der Waals surface area contributed by atoms with Gasteiger partial charge in [-0.1, -0.05) is 27.2 Å². The van der Waals surface area contributed by atoms with Crippen LogP contribution in [0.15, 0.2) is 0 Å². The van der Waals surface area contributed by atoms with Crippen LogP contribution in [-0.2, 0) is 0 Å². The van der Waals surface area contributed by atoms with Gasteiger partial charge < -0.3 is 10.2 Å². The van der Waals surface area contributed by atoms with E-state index in [1.165, 1.54) is 65.0 Å². The number of piperazine rings is 1. The Bertz CT molecular complexity index is 210. The van der Waals surface area contributed by atoms with E-state index in [1.807, 2.05) is 0 Å². The fourth-order valence-electron chi connectivity index (χ4n) is 2.71. The molecule has 0 amide bonds. The maximum atomic E-state index is 3.49. The highest BCUT2D eigenvalue weighted by Gasteiger charge is 2.19. The molecule has 1 rings (SSSR count). The Morgan fingerprint density at radius 3 is 2.21 bits per heavy atom. The third-order valence-electron chi connectivity index (χ3n) is 4.32. The highest BCUT2D eigenvalue weighted by atomic mass is 15.3. The summed E-state index contributed by atoms with van der Waals surface area (Å²) in [6, 6.07) is 1.40. The fourth-order valence-corrected chi connectivity index (χ4v) is 2.71. The van der Waals surface area contributed by atoms with Crippen molar-refractivity contribution in [3.05, 3.63) is 0 Å². The van der Waals surface area contributed by atoms with Crippen LogP contribution in [0.25, 0.3) is 0 Å². The molecule has 0 aromatic carbocycles. The first-order valence-corrected chi connectivity index (χ1v) is 8.33. The predicted molar refractivity (Wildman–Crippen MR) is 84.8 cm³/mol. The summed E-state index contributed by atoms with van der Waals surface area (Å²) in [5.74, 6) is 0. The van der Waals surface area contributed by atoms with Gasteiger partial charge in [0.05, 0.1) is 0 Å². The van der Waals surface area contributed by atoms with E-state index in [2.05, 4.69) is 42.8 Å². The molecule has 3 heteroatoms. The molecule has 1 aliphatic rings. The van der Waals surface area contributed by atoms with Crippen LogP contribution in [0.5, 0.6) is 0 Å². The van der Waals surface area contributed by atoms with Crippen LogP contribution < -0.4 is 5.32 Å². The van der Waals surface area contributed by atoms with Crippen molar-refractivity contribution in [1.29, 1.82) is 0 Å². The fraction of sp³-hybridized carbons (Fsp3) is 1.00. The molecule has 0 radical (unpaired) electrons.